The Kier molecular flexibility index (Phi) is 4.30. The third-order valence-corrected chi connectivity index (χ3v) is 4.48. The van der Waals surface area contributed by atoms with Crippen molar-refractivity contribution in [3.63, 3.8) is 0 Å². The lowest BCUT2D eigenvalue weighted by molar-refractivity contribution is -0.122. The Labute approximate surface area is 139 Å². The van der Waals surface area contributed by atoms with E-state index in [-0.39, 0.29) is 5.91 Å². The fourth-order valence-electron chi connectivity index (χ4n) is 2.31. The lowest BCUT2D eigenvalue weighted by Crippen LogP contribution is -2.30. The van der Waals surface area contributed by atoms with Crippen molar-refractivity contribution in [1.29, 1.82) is 0 Å². The Morgan fingerprint density at radius 1 is 1.22 bits per heavy atom. The van der Waals surface area contributed by atoms with E-state index in [1.807, 2.05) is 56.3 Å². The van der Waals surface area contributed by atoms with E-state index >= 15 is 0 Å². The SMILES string of the molecule is Cc1ccc(O[C@H](C)C(=O)Nc2nc3ccccc3s2)c(C)c1. The minimum atomic E-state index is -0.594. The number of carbonyl (C=O) groups is 1. The predicted molar refractivity (Wildman–Crippen MR) is 94.3 cm³/mol. The molecule has 0 bridgehead atoms. The highest BCUT2D eigenvalue weighted by Crippen LogP contribution is 2.26. The third-order valence-electron chi connectivity index (χ3n) is 3.53. The van der Waals surface area contributed by atoms with Crippen LogP contribution in [0.25, 0.3) is 10.2 Å². The molecule has 5 heteroatoms. The molecule has 0 aliphatic carbocycles. The van der Waals surface area contributed by atoms with Crippen molar-refractivity contribution in [1.82, 2.24) is 4.98 Å². The fourth-order valence-corrected chi connectivity index (χ4v) is 3.18. The summed E-state index contributed by atoms with van der Waals surface area (Å²) in [6.07, 6.45) is -0.594. The van der Waals surface area contributed by atoms with Gasteiger partial charge in [-0.3, -0.25) is 10.1 Å². The van der Waals surface area contributed by atoms with Gasteiger partial charge in [-0.15, -0.1) is 0 Å². The van der Waals surface area contributed by atoms with Gasteiger partial charge in [0.1, 0.15) is 5.75 Å². The number of aromatic nitrogens is 1. The normalized spacial score (nSPS) is 12.1. The summed E-state index contributed by atoms with van der Waals surface area (Å²) in [5.74, 6) is 0.520. The fraction of sp³-hybridized carbons (Fsp3) is 0.222. The van der Waals surface area contributed by atoms with E-state index in [9.17, 15) is 4.79 Å². The molecule has 0 radical (unpaired) electrons. The van der Waals surface area contributed by atoms with E-state index in [4.69, 9.17) is 4.74 Å². The Morgan fingerprint density at radius 2 is 2.00 bits per heavy atom. The molecule has 0 aliphatic rings. The minimum absolute atomic E-state index is 0.205. The average Bonchev–Trinajstić information content (AvgIpc) is 2.92. The first kappa shape index (κ1) is 15.5. The lowest BCUT2D eigenvalue weighted by atomic mass is 10.1. The molecule has 0 saturated heterocycles. The van der Waals surface area contributed by atoms with E-state index in [0.717, 1.165) is 21.5 Å². The maximum absolute atomic E-state index is 12.3. The minimum Gasteiger partial charge on any atom is -0.481 e. The quantitative estimate of drug-likeness (QED) is 0.777. The van der Waals surface area contributed by atoms with Crippen molar-refractivity contribution in [3.05, 3.63) is 53.6 Å². The van der Waals surface area contributed by atoms with Crippen molar-refractivity contribution in [2.75, 3.05) is 5.32 Å². The Hall–Kier alpha value is -2.40. The second-order valence-corrected chi connectivity index (χ2v) is 6.54. The van der Waals surface area contributed by atoms with Gasteiger partial charge in [-0.25, -0.2) is 4.98 Å². The molecule has 0 unspecified atom stereocenters. The predicted octanol–water partition coefficient (Wildman–Crippen LogP) is 4.32. The van der Waals surface area contributed by atoms with Gasteiger partial charge < -0.3 is 4.74 Å². The lowest BCUT2D eigenvalue weighted by Gasteiger charge is -2.15. The second-order valence-electron chi connectivity index (χ2n) is 5.51. The first-order valence-electron chi connectivity index (χ1n) is 7.43. The molecule has 23 heavy (non-hydrogen) atoms. The number of benzene rings is 2. The molecule has 118 valence electrons. The van der Waals surface area contributed by atoms with Crippen LogP contribution in [-0.4, -0.2) is 17.0 Å². The van der Waals surface area contributed by atoms with Crippen LogP contribution >= 0.6 is 11.3 Å². The number of carbonyl (C=O) groups excluding carboxylic acids is 1. The molecule has 1 N–H and O–H groups in total. The van der Waals surface area contributed by atoms with Crippen LogP contribution in [-0.2, 0) is 4.79 Å². The van der Waals surface area contributed by atoms with Crippen molar-refractivity contribution < 1.29 is 9.53 Å². The van der Waals surface area contributed by atoms with Crippen LogP contribution in [0.2, 0.25) is 0 Å². The summed E-state index contributed by atoms with van der Waals surface area (Å²) in [4.78, 5) is 16.7. The van der Waals surface area contributed by atoms with Crippen molar-refractivity contribution in [3.8, 4) is 5.75 Å². The zero-order chi connectivity index (χ0) is 16.4. The molecule has 3 aromatic rings. The number of anilines is 1. The first-order chi connectivity index (χ1) is 11.0. The molecule has 3 rings (SSSR count). The van der Waals surface area contributed by atoms with Crippen LogP contribution in [0.1, 0.15) is 18.1 Å². The summed E-state index contributed by atoms with van der Waals surface area (Å²) < 4.78 is 6.82. The maximum Gasteiger partial charge on any atom is 0.266 e. The highest BCUT2D eigenvalue weighted by Gasteiger charge is 2.17. The number of rotatable bonds is 4. The van der Waals surface area contributed by atoms with Crippen LogP contribution in [0.15, 0.2) is 42.5 Å². The molecular formula is C18H18N2O2S. The molecule has 1 aromatic heterocycles. The van der Waals surface area contributed by atoms with Crippen LogP contribution in [0.3, 0.4) is 0 Å². The standard InChI is InChI=1S/C18H18N2O2S/c1-11-8-9-15(12(2)10-11)22-13(3)17(21)20-18-19-14-6-4-5-7-16(14)23-18/h4-10,13H,1-3H3,(H,19,20,21)/t13-/m1/s1. The Balaban J connectivity index is 1.69. The summed E-state index contributed by atoms with van der Waals surface area (Å²) in [7, 11) is 0. The third kappa shape index (κ3) is 3.51. The molecule has 2 aromatic carbocycles. The van der Waals surface area contributed by atoms with Gasteiger partial charge in [0.05, 0.1) is 10.2 Å². The van der Waals surface area contributed by atoms with Gasteiger partial charge in [0.15, 0.2) is 11.2 Å². The number of fused-ring (bicyclic) bond motifs is 1. The number of amides is 1. The Bertz CT molecular complexity index is 824. The summed E-state index contributed by atoms with van der Waals surface area (Å²) in [5, 5.41) is 3.42. The van der Waals surface area contributed by atoms with E-state index < -0.39 is 6.10 Å². The summed E-state index contributed by atoms with van der Waals surface area (Å²) in [5.41, 5.74) is 3.07. The number of aryl methyl sites for hydroxylation is 2. The number of nitrogens with zero attached hydrogens (tertiary/aromatic N) is 1. The van der Waals surface area contributed by atoms with Gasteiger partial charge in [0, 0.05) is 0 Å². The molecule has 0 spiro atoms. The zero-order valence-electron chi connectivity index (χ0n) is 13.3. The van der Waals surface area contributed by atoms with E-state index in [0.29, 0.717) is 5.13 Å². The average molecular weight is 326 g/mol. The highest BCUT2D eigenvalue weighted by molar-refractivity contribution is 7.22. The molecule has 0 aliphatic heterocycles. The molecular weight excluding hydrogens is 308 g/mol. The van der Waals surface area contributed by atoms with E-state index in [2.05, 4.69) is 10.3 Å². The highest BCUT2D eigenvalue weighted by atomic mass is 32.1. The van der Waals surface area contributed by atoms with Crippen molar-refractivity contribution in [2.24, 2.45) is 0 Å². The van der Waals surface area contributed by atoms with Crippen LogP contribution in [0.5, 0.6) is 5.75 Å². The number of thiazole rings is 1. The van der Waals surface area contributed by atoms with Gasteiger partial charge in [-0.1, -0.05) is 41.2 Å². The van der Waals surface area contributed by atoms with Crippen LogP contribution in [0.4, 0.5) is 5.13 Å². The monoisotopic (exact) mass is 326 g/mol. The smallest absolute Gasteiger partial charge is 0.266 e. The first-order valence-corrected chi connectivity index (χ1v) is 8.25. The summed E-state index contributed by atoms with van der Waals surface area (Å²) >= 11 is 1.46. The van der Waals surface area contributed by atoms with Gasteiger partial charge >= 0.3 is 0 Å². The Morgan fingerprint density at radius 3 is 2.74 bits per heavy atom. The molecule has 1 heterocycles. The largest absolute Gasteiger partial charge is 0.481 e. The number of hydrogen-bond donors (Lipinski definition) is 1. The van der Waals surface area contributed by atoms with Crippen molar-refractivity contribution in [2.45, 2.75) is 26.9 Å². The van der Waals surface area contributed by atoms with E-state index in [1.54, 1.807) is 6.92 Å². The number of nitrogens with one attached hydrogen (secondary N) is 1. The topological polar surface area (TPSA) is 51.2 Å². The molecule has 4 nitrogen and oxygen atoms in total. The molecule has 0 fully saturated rings. The molecule has 0 saturated carbocycles. The van der Waals surface area contributed by atoms with Gasteiger partial charge in [-0.05, 0) is 44.5 Å². The van der Waals surface area contributed by atoms with E-state index in [1.165, 1.54) is 16.9 Å². The summed E-state index contributed by atoms with van der Waals surface area (Å²) in [6.45, 7) is 5.74. The number of para-hydroxylation sites is 1. The van der Waals surface area contributed by atoms with Gasteiger partial charge in [0.2, 0.25) is 0 Å². The maximum atomic E-state index is 12.3. The summed E-state index contributed by atoms with van der Waals surface area (Å²) in [6, 6.07) is 13.7. The molecule has 1 atom stereocenters. The van der Waals surface area contributed by atoms with Crippen LogP contribution < -0.4 is 10.1 Å². The second kappa shape index (κ2) is 6.38. The number of ether oxygens (including phenoxy) is 1. The number of hydrogen-bond acceptors (Lipinski definition) is 4. The zero-order valence-corrected chi connectivity index (χ0v) is 14.1. The van der Waals surface area contributed by atoms with Gasteiger partial charge in [0.25, 0.3) is 5.91 Å². The molecule has 1 amide bonds. The van der Waals surface area contributed by atoms with Crippen molar-refractivity contribution >= 4 is 32.6 Å². The van der Waals surface area contributed by atoms with Crippen LogP contribution in [0, 0.1) is 13.8 Å². The van der Waals surface area contributed by atoms with Gasteiger partial charge in [-0.2, -0.15) is 0 Å².